The summed E-state index contributed by atoms with van der Waals surface area (Å²) in [6.45, 7) is 13.9. The molecular weight excluding hydrogens is 544 g/mol. The van der Waals surface area contributed by atoms with Gasteiger partial charge in [0.2, 0.25) is 5.91 Å². The highest BCUT2D eigenvalue weighted by atomic mass is 16.5. The van der Waals surface area contributed by atoms with Crippen molar-refractivity contribution in [1.82, 2.24) is 29.8 Å². The van der Waals surface area contributed by atoms with Gasteiger partial charge in [0.1, 0.15) is 36.0 Å². The Balaban J connectivity index is 1.32. The molecule has 0 unspecified atom stereocenters. The molecule has 11 heteroatoms. The number of fused-ring (bicyclic) bond motifs is 1. The molecule has 0 bridgehead atoms. The average Bonchev–Trinajstić information content (AvgIpc) is 3.62. The quantitative estimate of drug-likeness (QED) is 0.214. The van der Waals surface area contributed by atoms with E-state index in [4.69, 9.17) is 20.1 Å². The Hall–Kier alpha value is -4.77. The maximum Gasteiger partial charge on any atom is 0.230 e. The van der Waals surface area contributed by atoms with Crippen molar-refractivity contribution >= 4 is 28.4 Å². The molecule has 0 fully saturated rings. The summed E-state index contributed by atoms with van der Waals surface area (Å²) in [6.07, 6.45) is 1.54. The molecule has 11 nitrogen and oxygen atoms in total. The van der Waals surface area contributed by atoms with Gasteiger partial charge in [0, 0.05) is 29.3 Å². The Morgan fingerprint density at radius 2 is 1.77 bits per heavy atom. The fraction of sp³-hybridized carbons (Fsp3) is 0.344. The fourth-order valence-electron chi connectivity index (χ4n) is 4.70. The number of carbonyl (C=O) groups excluding carboxylic acids is 1. The molecule has 5 aromatic rings. The summed E-state index contributed by atoms with van der Waals surface area (Å²) in [5, 5.41) is 12.5. The van der Waals surface area contributed by atoms with Crippen LogP contribution < -0.4 is 15.8 Å². The van der Waals surface area contributed by atoms with Gasteiger partial charge in [-0.2, -0.15) is 5.10 Å². The first-order valence-electron chi connectivity index (χ1n) is 14.5. The number of rotatable bonds is 11. The summed E-state index contributed by atoms with van der Waals surface area (Å²) in [5.41, 5.74) is 10.3. The monoisotopic (exact) mass is 582 g/mol. The molecular formula is C32H38N8O3. The van der Waals surface area contributed by atoms with Gasteiger partial charge in [0.25, 0.3) is 0 Å². The average molecular weight is 583 g/mol. The van der Waals surface area contributed by atoms with Crippen LogP contribution in [0.4, 0.5) is 11.5 Å². The molecule has 3 heterocycles. The van der Waals surface area contributed by atoms with Crippen molar-refractivity contribution in [3.63, 3.8) is 0 Å². The minimum absolute atomic E-state index is 0.116. The predicted molar refractivity (Wildman–Crippen MR) is 167 cm³/mol. The van der Waals surface area contributed by atoms with Gasteiger partial charge in [-0.1, -0.05) is 39.8 Å². The second-order valence-electron chi connectivity index (χ2n) is 11.3. The molecule has 5 rings (SSSR count). The summed E-state index contributed by atoms with van der Waals surface area (Å²) in [4.78, 5) is 23.7. The number of nitrogen functional groups attached to an aromatic ring is 1. The van der Waals surface area contributed by atoms with Crippen LogP contribution in [-0.4, -0.2) is 62.0 Å². The zero-order chi connectivity index (χ0) is 30.6. The molecule has 0 saturated carbocycles. The first kappa shape index (κ1) is 29.7. The molecule has 0 aliphatic heterocycles. The van der Waals surface area contributed by atoms with Gasteiger partial charge in [-0.25, -0.2) is 14.6 Å². The minimum atomic E-state index is -0.186. The first-order chi connectivity index (χ1) is 20.7. The molecule has 3 aromatic heterocycles. The van der Waals surface area contributed by atoms with Crippen molar-refractivity contribution in [3.8, 4) is 22.7 Å². The van der Waals surface area contributed by atoms with Gasteiger partial charge < -0.3 is 25.2 Å². The molecule has 2 aromatic carbocycles. The van der Waals surface area contributed by atoms with E-state index in [1.54, 1.807) is 4.68 Å². The Morgan fingerprint density at radius 1 is 1.05 bits per heavy atom. The highest BCUT2D eigenvalue weighted by Gasteiger charge is 2.21. The van der Waals surface area contributed by atoms with Crippen LogP contribution in [0.1, 0.15) is 46.1 Å². The topological polar surface area (TPSA) is 137 Å². The molecule has 224 valence electrons. The molecule has 0 atom stereocenters. The van der Waals surface area contributed by atoms with Crippen LogP contribution in [-0.2, 0) is 16.6 Å². The van der Waals surface area contributed by atoms with Crippen molar-refractivity contribution in [2.75, 3.05) is 37.3 Å². The molecule has 0 saturated heterocycles. The summed E-state index contributed by atoms with van der Waals surface area (Å²) >= 11 is 0. The van der Waals surface area contributed by atoms with Crippen LogP contribution in [0.3, 0.4) is 0 Å². The fourth-order valence-corrected chi connectivity index (χ4v) is 4.70. The van der Waals surface area contributed by atoms with Crippen molar-refractivity contribution in [2.45, 2.75) is 46.5 Å². The van der Waals surface area contributed by atoms with Gasteiger partial charge >= 0.3 is 0 Å². The normalized spacial score (nSPS) is 11.8. The number of hydrogen-bond acceptors (Lipinski definition) is 9. The second kappa shape index (κ2) is 12.6. The molecule has 3 N–H and O–H groups in total. The van der Waals surface area contributed by atoms with Gasteiger partial charge in [-0.15, -0.1) is 0 Å². The first-order valence-corrected chi connectivity index (χ1v) is 14.5. The molecule has 0 aliphatic rings. The van der Waals surface area contributed by atoms with Gasteiger partial charge in [0.15, 0.2) is 5.65 Å². The number of benzene rings is 2. The summed E-state index contributed by atoms with van der Waals surface area (Å²) in [5.74, 6) is 1.69. The maximum absolute atomic E-state index is 12.7. The van der Waals surface area contributed by atoms with Crippen LogP contribution >= 0.6 is 0 Å². The third-order valence-corrected chi connectivity index (χ3v) is 7.23. The van der Waals surface area contributed by atoms with Gasteiger partial charge in [-0.3, -0.25) is 4.79 Å². The Kier molecular flexibility index (Phi) is 8.72. The molecule has 0 aliphatic carbocycles. The lowest BCUT2D eigenvalue weighted by atomic mass is 9.93. The number of aromatic nitrogens is 5. The van der Waals surface area contributed by atoms with E-state index < -0.39 is 0 Å². The molecule has 1 amide bonds. The number of ether oxygens (including phenoxy) is 1. The van der Waals surface area contributed by atoms with Crippen molar-refractivity contribution in [1.29, 1.82) is 0 Å². The lowest BCUT2D eigenvalue weighted by Gasteiger charge is -2.18. The third kappa shape index (κ3) is 6.83. The van der Waals surface area contributed by atoms with Crippen LogP contribution in [0, 0.1) is 0 Å². The zero-order valence-corrected chi connectivity index (χ0v) is 25.3. The summed E-state index contributed by atoms with van der Waals surface area (Å²) in [6, 6.07) is 17.0. The Morgan fingerprint density at radius 3 is 2.42 bits per heavy atom. The van der Waals surface area contributed by atoms with Crippen LogP contribution in [0.15, 0.2) is 65.4 Å². The number of nitrogens with zero attached hydrogens (tertiary/aromatic N) is 6. The van der Waals surface area contributed by atoms with E-state index in [0.717, 1.165) is 42.4 Å². The van der Waals surface area contributed by atoms with Crippen molar-refractivity contribution in [2.24, 2.45) is 0 Å². The highest BCUT2D eigenvalue weighted by molar-refractivity contribution is 5.99. The number of anilines is 2. The Bertz CT molecular complexity index is 1680. The van der Waals surface area contributed by atoms with Crippen molar-refractivity contribution in [3.05, 3.63) is 72.4 Å². The number of carbonyl (C=O) groups is 1. The van der Waals surface area contributed by atoms with Crippen LogP contribution in [0.2, 0.25) is 0 Å². The van der Waals surface area contributed by atoms with E-state index in [9.17, 15) is 4.79 Å². The number of likely N-dealkylation sites (N-methyl/N-ethyl adjacent to an activating group) is 1. The van der Waals surface area contributed by atoms with E-state index in [0.29, 0.717) is 40.5 Å². The second-order valence-corrected chi connectivity index (χ2v) is 11.3. The summed E-state index contributed by atoms with van der Waals surface area (Å²) in [7, 11) is 0. The van der Waals surface area contributed by atoms with E-state index >= 15 is 0 Å². The van der Waals surface area contributed by atoms with Gasteiger partial charge in [0.05, 0.1) is 23.2 Å². The van der Waals surface area contributed by atoms with E-state index in [2.05, 4.69) is 39.2 Å². The molecule has 43 heavy (non-hydrogen) atoms. The van der Waals surface area contributed by atoms with Crippen LogP contribution in [0.25, 0.3) is 28.0 Å². The number of hydrogen-bond donors (Lipinski definition) is 2. The maximum atomic E-state index is 12.7. The highest BCUT2D eigenvalue weighted by Crippen LogP contribution is 2.32. The zero-order valence-electron chi connectivity index (χ0n) is 25.3. The minimum Gasteiger partial charge on any atom is -0.492 e. The molecule has 0 spiro atoms. The number of nitrogens with two attached hydrogens (primary N) is 1. The number of nitrogens with one attached hydrogen (secondary N) is 1. The summed E-state index contributed by atoms with van der Waals surface area (Å²) < 4.78 is 13.1. The lowest BCUT2D eigenvalue weighted by Crippen LogP contribution is -2.27. The Labute approximate surface area is 251 Å². The predicted octanol–water partition coefficient (Wildman–Crippen LogP) is 5.25. The van der Waals surface area contributed by atoms with E-state index in [-0.39, 0.29) is 17.7 Å². The third-order valence-electron chi connectivity index (χ3n) is 7.23. The van der Waals surface area contributed by atoms with Crippen LogP contribution in [0.5, 0.6) is 5.75 Å². The number of amides is 1. The van der Waals surface area contributed by atoms with Crippen molar-refractivity contribution < 1.29 is 14.1 Å². The lowest BCUT2D eigenvalue weighted by molar-refractivity contribution is -0.115. The SMILES string of the molecule is CCN(CC)CCOc1ccc(-c2nn(-c3ccc(NC(=O)Cc4cc(C(C)(C)C)on4)cc3)c3ncnc(N)c23)cc1. The largest absolute Gasteiger partial charge is 0.492 e. The molecule has 0 radical (unpaired) electrons. The van der Waals surface area contributed by atoms with Gasteiger partial charge in [-0.05, 0) is 61.6 Å². The smallest absolute Gasteiger partial charge is 0.230 e. The standard InChI is InChI=1S/C32H38N8O3/c1-6-39(7-2)16-17-42-25-14-8-21(9-15-25)29-28-30(33)34-20-35-31(28)40(37-29)24-12-10-22(11-13-24)36-27(41)19-23-18-26(43-38-23)32(3,4)5/h8-15,18,20H,6-7,16-17,19H2,1-5H3,(H,36,41)(H2,33,34,35). The van der Waals surface area contributed by atoms with E-state index in [1.807, 2.05) is 75.4 Å². The van der Waals surface area contributed by atoms with E-state index in [1.165, 1.54) is 6.33 Å².